The number of aromatic carboxylic acids is 1. The number of carboxylic acid groups (broad SMARTS) is 1. The van der Waals surface area contributed by atoms with E-state index in [4.69, 9.17) is 17.3 Å². The number of H-pyrrole nitrogens is 1. The number of aromatic nitrogens is 2. The third kappa shape index (κ3) is 3.25. The molecule has 130 valence electrons. The van der Waals surface area contributed by atoms with E-state index in [1.165, 1.54) is 0 Å². The summed E-state index contributed by atoms with van der Waals surface area (Å²) < 4.78 is 0. The van der Waals surface area contributed by atoms with E-state index in [1.54, 1.807) is 18.5 Å². The Kier molecular flexibility index (Phi) is 5.06. The van der Waals surface area contributed by atoms with Crippen LogP contribution in [0.3, 0.4) is 0 Å². The van der Waals surface area contributed by atoms with Crippen LogP contribution in [0.2, 0.25) is 5.02 Å². The standard InChI is InChI=1S/C19H20ClN3O2/c1-11-5-6-14(19(24)25)16-13(4-2-3-8-21)18(23-17(11)16)12-7-9-22-10-15(12)20/h5-7,9-10,23H,2-4,8,21H2,1H3,(H,24,25). The van der Waals surface area contributed by atoms with Gasteiger partial charge in [0.25, 0.3) is 0 Å². The molecule has 0 aliphatic heterocycles. The fourth-order valence-corrected chi connectivity index (χ4v) is 3.40. The molecule has 0 radical (unpaired) electrons. The molecule has 4 N–H and O–H groups in total. The van der Waals surface area contributed by atoms with Gasteiger partial charge < -0.3 is 15.8 Å². The SMILES string of the molecule is Cc1ccc(C(=O)O)c2c(CCCCN)c(-c3ccncc3Cl)[nH]c12. The van der Waals surface area contributed by atoms with Crippen molar-refractivity contribution in [3.63, 3.8) is 0 Å². The van der Waals surface area contributed by atoms with Crippen LogP contribution in [-0.4, -0.2) is 27.6 Å². The zero-order chi connectivity index (χ0) is 18.0. The summed E-state index contributed by atoms with van der Waals surface area (Å²) in [5.74, 6) is -0.934. The highest BCUT2D eigenvalue weighted by molar-refractivity contribution is 6.33. The predicted molar refractivity (Wildman–Crippen MR) is 100 cm³/mol. The maximum absolute atomic E-state index is 11.8. The van der Waals surface area contributed by atoms with Gasteiger partial charge in [-0.05, 0) is 56.0 Å². The van der Waals surface area contributed by atoms with E-state index >= 15 is 0 Å². The summed E-state index contributed by atoms with van der Waals surface area (Å²) in [4.78, 5) is 19.2. The van der Waals surface area contributed by atoms with E-state index in [-0.39, 0.29) is 0 Å². The average molecular weight is 358 g/mol. The summed E-state index contributed by atoms with van der Waals surface area (Å²) in [6.07, 6.45) is 5.77. The number of pyridine rings is 1. The van der Waals surface area contributed by atoms with Crippen LogP contribution < -0.4 is 5.73 Å². The van der Waals surface area contributed by atoms with Crippen LogP contribution >= 0.6 is 11.6 Å². The monoisotopic (exact) mass is 357 g/mol. The zero-order valence-electron chi connectivity index (χ0n) is 14.0. The molecule has 0 saturated carbocycles. The van der Waals surface area contributed by atoms with Gasteiger partial charge in [0, 0.05) is 28.9 Å². The number of hydrogen-bond acceptors (Lipinski definition) is 3. The van der Waals surface area contributed by atoms with Gasteiger partial charge in [-0.2, -0.15) is 0 Å². The summed E-state index contributed by atoms with van der Waals surface area (Å²) in [6.45, 7) is 2.57. The number of unbranched alkanes of at least 4 members (excludes halogenated alkanes) is 1. The van der Waals surface area contributed by atoms with E-state index in [2.05, 4.69) is 9.97 Å². The second-order valence-corrected chi connectivity index (χ2v) is 6.47. The molecule has 0 aliphatic rings. The van der Waals surface area contributed by atoms with Gasteiger partial charge in [0.05, 0.1) is 16.3 Å². The Morgan fingerprint density at radius 3 is 2.80 bits per heavy atom. The summed E-state index contributed by atoms with van der Waals surface area (Å²) in [7, 11) is 0. The lowest BCUT2D eigenvalue weighted by atomic mass is 9.96. The fraction of sp³-hybridized carbons (Fsp3) is 0.263. The molecular formula is C19H20ClN3O2. The summed E-state index contributed by atoms with van der Waals surface area (Å²) in [5, 5.41) is 10.9. The first-order valence-corrected chi connectivity index (χ1v) is 8.59. The van der Waals surface area contributed by atoms with Crippen molar-refractivity contribution in [1.82, 2.24) is 9.97 Å². The van der Waals surface area contributed by atoms with Crippen LogP contribution in [0.25, 0.3) is 22.2 Å². The Balaban J connectivity index is 2.30. The molecule has 0 atom stereocenters. The second kappa shape index (κ2) is 7.25. The number of aromatic amines is 1. The third-order valence-corrected chi connectivity index (χ3v) is 4.72. The van der Waals surface area contributed by atoms with Gasteiger partial charge in [0.2, 0.25) is 0 Å². The molecule has 0 saturated heterocycles. The van der Waals surface area contributed by atoms with Gasteiger partial charge in [0.15, 0.2) is 0 Å². The molecule has 0 bridgehead atoms. The van der Waals surface area contributed by atoms with Gasteiger partial charge in [-0.25, -0.2) is 4.79 Å². The summed E-state index contributed by atoms with van der Waals surface area (Å²) in [6, 6.07) is 5.33. The number of rotatable bonds is 6. The quantitative estimate of drug-likeness (QED) is 0.577. The molecule has 1 aromatic carbocycles. The van der Waals surface area contributed by atoms with Gasteiger partial charge >= 0.3 is 5.97 Å². The van der Waals surface area contributed by atoms with Gasteiger partial charge in [-0.3, -0.25) is 4.98 Å². The first-order chi connectivity index (χ1) is 12.0. The second-order valence-electron chi connectivity index (χ2n) is 6.07. The first-order valence-electron chi connectivity index (χ1n) is 8.22. The lowest BCUT2D eigenvalue weighted by Gasteiger charge is -2.08. The van der Waals surface area contributed by atoms with E-state index in [1.807, 2.05) is 19.1 Å². The minimum absolute atomic E-state index is 0.302. The van der Waals surface area contributed by atoms with Crippen molar-refractivity contribution < 1.29 is 9.90 Å². The van der Waals surface area contributed by atoms with Crippen molar-refractivity contribution >= 4 is 28.5 Å². The van der Waals surface area contributed by atoms with E-state index < -0.39 is 5.97 Å². The van der Waals surface area contributed by atoms with Crippen LogP contribution in [0.15, 0.2) is 30.6 Å². The number of benzene rings is 1. The summed E-state index contributed by atoms with van der Waals surface area (Å²) >= 11 is 6.34. The Morgan fingerprint density at radius 1 is 1.32 bits per heavy atom. The number of nitrogens with one attached hydrogen (secondary N) is 1. The predicted octanol–water partition coefficient (Wildman–Crippen LogP) is 4.17. The van der Waals surface area contributed by atoms with Gasteiger partial charge in [0.1, 0.15) is 0 Å². The van der Waals surface area contributed by atoms with Crippen molar-refractivity contribution in [2.45, 2.75) is 26.2 Å². The van der Waals surface area contributed by atoms with Crippen LogP contribution in [-0.2, 0) is 6.42 Å². The molecule has 6 heteroatoms. The molecule has 3 aromatic rings. The topological polar surface area (TPSA) is 92.0 Å². The highest BCUT2D eigenvalue weighted by atomic mass is 35.5. The minimum Gasteiger partial charge on any atom is -0.478 e. The molecule has 3 rings (SSSR count). The number of carboxylic acids is 1. The zero-order valence-corrected chi connectivity index (χ0v) is 14.7. The first kappa shape index (κ1) is 17.5. The number of hydrogen-bond donors (Lipinski definition) is 3. The normalized spacial score (nSPS) is 11.2. The maximum Gasteiger partial charge on any atom is 0.336 e. The number of carbonyl (C=O) groups is 1. The van der Waals surface area contributed by atoms with Gasteiger partial charge in [-0.15, -0.1) is 0 Å². The van der Waals surface area contributed by atoms with E-state index in [0.717, 1.165) is 52.5 Å². The fourth-order valence-electron chi connectivity index (χ4n) is 3.19. The number of halogens is 1. The molecule has 0 fully saturated rings. The highest BCUT2D eigenvalue weighted by Gasteiger charge is 2.21. The molecule has 0 aliphatic carbocycles. The Bertz CT molecular complexity index is 934. The van der Waals surface area contributed by atoms with Crippen molar-refractivity contribution in [2.75, 3.05) is 6.54 Å². The van der Waals surface area contributed by atoms with Crippen molar-refractivity contribution in [3.8, 4) is 11.3 Å². The smallest absolute Gasteiger partial charge is 0.336 e. The van der Waals surface area contributed by atoms with Crippen LogP contribution in [0.4, 0.5) is 0 Å². The Morgan fingerprint density at radius 2 is 2.12 bits per heavy atom. The molecule has 25 heavy (non-hydrogen) atoms. The molecule has 0 unspecified atom stereocenters. The number of nitrogens with two attached hydrogens (primary N) is 1. The lowest BCUT2D eigenvalue weighted by Crippen LogP contribution is -2.01. The summed E-state index contributed by atoms with van der Waals surface area (Å²) in [5.41, 5.74) is 10.4. The van der Waals surface area contributed by atoms with E-state index in [9.17, 15) is 9.90 Å². The maximum atomic E-state index is 11.8. The Labute approximate surface area is 150 Å². The van der Waals surface area contributed by atoms with Crippen LogP contribution in [0, 0.1) is 6.92 Å². The largest absolute Gasteiger partial charge is 0.478 e. The number of aryl methyl sites for hydroxylation is 2. The molecule has 5 nitrogen and oxygen atoms in total. The third-order valence-electron chi connectivity index (χ3n) is 4.42. The molecule has 0 spiro atoms. The number of fused-ring (bicyclic) bond motifs is 1. The van der Waals surface area contributed by atoms with Gasteiger partial charge in [-0.1, -0.05) is 17.7 Å². The molecular weight excluding hydrogens is 338 g/mol. The average Bonchev–Trinajstić information content (AvgIpc) is 2.96. The lowest BCUT2D eigenvalue weighted by molar-refractivity contribution is 0.0699. The highest BCUT2D eigenvalue weighted by Crippen LogP contribution is 2.37. The minimum atomic E-state index is -0.934. The van der Waals surface area contributed by atoms with Crippen molar-refractivity contribution in [2.24, 2.45) is 5.73 Å². The van der Waals surface area contributed by atoms with Crippen LogP contribution in [0.1, 0.15) is 34.3 Å². The molecule has 0 amide bonds. The molecule has 2 heterocycles. The van der Waals surface area contributed by atoms with Crippen molar-refractivity contribution in [1.29, 1.82) is 0 Å². The van der Waals surface area contributed by atoms with E-state index in [0.29, 0.717) is 17.1 Å². The van der Waals surface area contributed by atoms with Crippen LogP contribution in [0.5, 0.6) is 0 Å². The molecule has 2 aromatic heterocycles. The number of nitrogens with zero attached hydrogens (tertiary/aromatic N) is 1. The van der Waals surface area contributed by atoms with Crippen molar-refractivity contribution in [3.05, 3.63) is 52.3 Å². The Hall–Kier alpha value is -2.37.